The van der Waals surface area contributed by atoms with Crippen LogP contribution in [0.4, 0.5) is 10.5 Å². The van der Waals surface area contributed by atoms with E-state index < -0.39 is 11.7 Å². The highest BCUT2D eigenvalue weighted by Gasteiger charge is 2.12. The van der Waals surface area contributed by atoms with Gasteiger partial charge < -0.3 is 9.15 Å². The Morgan fingerprint density at radius 2 is 2.18 bits per heavy atom. The molecule has 0 saturated carbocycles. The third kappa shape index (κ3) is 4.89. The van der Waals surface area contributed by atoms with Crippen LogP contribution in [-0.4, -0.2) is 32.9 Å². The molecule has 0 unspecified atom stereocenters. The highest BCUT2D eigenvalue weighted by atomic mass is 32.2. The fourth-order valence-electron chi connectivity index (χ4n) is 2.61. The van der Waals surface area contributed by atoms with Gasteiger partial charge in [-0.25, -0.2) is 14.3 Å². The average molecular weight is 403 g/mol. The van der Waals surface area contributed by atoms with Crippen LogP contribution in [0.5, 0.6) is 0 Å². The van der Waals surface area contributed by atoms with E-state index in [1.54, 1.807) is 29.8 Å². The molecule has 10 heteroatoms. The van der Waals surface area contributed by atoms with Gasteiger partial charge in [0, 0.05) is 35.5 Å². The normalized spacial score (nSPS) is 11.1. The molecule has 0 saturated heterocycles. The summed E-state index contributed by atoms with van der Waals surface area (Å²) in [6.07, 6.45) is -0.562. The summed E-state index contributed by atoms with van der Waals surface area (Å²) in [5.74, 6) is 0.920. The smallest absolute Gasteiger partial charge is 0.411 e. The zero-order valence-electron chi connectivity index (χ0n) is 15.8. The molecule has 2 aromatic heterocycles. The molecule has 0 atom stereocenters. The van der Waals surface area contributed by atoms with Crippen molar-refractivity contribution in [1.82, 2.24) is 20.2 Å². The maximum Gasteiger partial charge on any atom is 0.411 e. The number of amides is 1. The standard InChI is InChI=1S/C18H21N5O4S/c1-4-26-18(25)19-13-5-6-14-12(7-16(24)27-15(14)8-13)10-28-17-20-21-22-23(17)9-11(2)3/h5-8,11H,4,9-10H2,1-3H3,(H,19,25). The van der Waals surface area contributed by atoms with E-state index in [0.717, 1.165) is 17.5 Å². The number of fused-ring (bicyclic) bond motifs is 1. The summed E-state index contributed by atoms with van der Waals surface area (Å²) >= 11 is 1.45. The van der Waals surface area contributed by atoms with Gasteiger partial charge in [-0.2, -0.15) is 0 Å². The lowest BCUT2D eigenvalue weighted by molar-refractivity contribution is 0.168. The summed E-state index contributed by atoms with van der Waals surface area (Å²) in [7, 11) is 0. The van der Waals surface area contributed by atoms with Gasteiger partial charge in [0.25, 0.3) is 0 Å². The van der Waals surface area contributed by atoms with Gasteiger partial charge in [-0.05, 0) is 41.0 Å². The Kier molecular flexibility index (Phi) is 6.30. The molecule has 148 valence electrons. The number of carbonyl (C=O) groups is 1. The van der Waals surface area contributed by atoms with Crippen LogP contribution < -0.4 is 10.9 Å². The largest absolute Gasteiger partial charge is 0.450 e. The number of ether oxygens (including phenoxy) is 1. The van der Waals surface area contributed by atoms with E-state index in [4.69, 9.17) is 9.15 Å². The second-order valence-electron chi connectivity index (χ2n) is 6.47. The van der Waals surface area contributed by atoms with Crippen molar-refractivity contribution in [2.24, 2.45) is 5.92 Å². The zero-order chi connectivity index (χ0) is 20.1. The Morgan fingerprint density at radius 3 is 2.93 bits per heavy atom. The second-order valence-corrected chi connectivity index (χ2v) is 7.42. The average Bonchev–Trinajstić information content (AvgIpc) is 3.05. The van der Waals surface area contributed by atoms with Gasteiger partial charge in [0.2, 0.25) is 5.16 Å². The Bertz CT molecular complexity index is 1030. The fraction of sp³-hybridized carbons (Fsp3) is 0.389. The number of nitrogens with zero attached hydrogens (tertiary/aromatic N) is 4. The Balaban J connectivity index is 1.82. The maximum absolute atomic E-state index is 12.0. The third-order valence-corrected chi connectivity index (χ3v) is 4.75. The van der Waals surface area contributed by atoms with Gasteiger partial charge in [-0.3, -0.25) is 5.32 Å². The SMILES string of the molecule is CCOC(=O)Nc1ccc2c(CSc3nnnn3CC(C)C)cc(=O)oc2c1. The van der Waals surface area contributed by atoms with Crippen LogP contribution in [0, 0.1) is 5.92 Å². The monoisotopic (exact) mass is 403 g/mol. The van der Waals surface area contributed by atoms with E-state index in [1.807, 2.05) is 0 Å². The molecule has 0 aliphatic carbocycles. The summed E-state index contributed by atoms with van der Waals surface area (Å²) < 4.78 is 11.9. The van der Waals surface area contributed by atoms with Crippen molar-refractivity contribution >= 4 is 34.5 Å². The lowest BCUT2D eigenvalue weighted by atomic mass is 10.1. The molecule has 2 heterocycles. The predicted octanol–water partition coefficient (Wildman–Crippen LogP) is 3.30. The topological polar surface area (TPSA) is 112 Å². The fourth-order valence-corrected chi connectivity index (χ4v) is 3.49. The number of tetrazole rings is 1. The van der Waals surface area contributed by atoms with Gasteiger partial charge in [-0.15, -0.1) is 5.10 Å². The number of rotatable bonds is 7. The number of carbonyl (C=O) groups excluding carboxylic acids is 1. The van der Waals surface area contributed by atoms with E-state index in [1.165, 1.54) is 17.8 Å². The number of aromatic nitrogens is 4. The minimum atomic E-state index is -0.562. The minimum Gasteiger partial charge on any atom is -0.450 e. The van der Waals surface area contributed by atoms with Crippen LogP contribution in [-0.2, 0) is 17.0 Å². The molecule has 3 rings (SSSR count). The molecule has 0 fully saturated rings. The number of thioether (sulfide) groups is 1. The minimum absolute atomic E-state index is 0.270. The summed E-state index contributed by atoms with van der Waals surface area (Å²) in [6, 6.07) is 6.60. The predicted molar refractivity (Wildman–Crippen MR) is 105 cm³/mol. The van der Waals surface area contributed by atoms with Crippen molar-refractivity contribution in [3.8, 4) is 0 Å². The van der Waals surface area contributed by atoms with Crippen LogP contribution in [0.2, 0.25) is 0 Å². The Morgan fingerprint density at radius 1 is 1.36 bits per heavy atom. The van der Waals surface area contributed by atoms with Crippen LogP contribution in [0.3, 0.4) is 0 Å². The summed E-state index contributed by atoms with van der Waals surface area (Å²) in [5, 5.41) is 15.9. The molecule has 1 N–H and O–H groups in total. The first-order chi connectivity index (χ1) is 13.5. The number of hydrogen-bond acceptors (Lipinski definition) is 8. The Labute approximate surface area is 165 Å². The Hall–Kier alpha value is -2.88. The van der Waals surface area contributed by atoms with Crippen LogP contribution in [0.15, 0.2) is 38.6 Å². The first-order valence-electron chi connectivity index (χ1n) is 8.85. The van der Waals surface area contributed by atoms with E-state index in [-0.39, 0.29) is 6.61 Å². The van der Waals surface area contributed by atoms with Gasteiger partial charge >= 0.3 is 11.7 Å². The molecule has 1 amide bonds. The van der Waals surface area contributed by atoms with Crippen LogP contribution in [0.25, 0.3) is 11.0 Å². The van der Waals surface area contributed by atoms with E-state index in [0.29, 0.717) is 28.1 Å². The zero-order valence-corrected chi connectivity index (χ0v) is 16.7. The molecule has 0 aliphatic heterocycles. The van der Waals surface area contributed by atoms with Gasteiger partial charge in [0.1, 0.15) is 5.58 Å². The maximum atomic E-state index is 12.0. The highest BCUT2D eigenvalue weighted by molar-refractivity contribution is 7.98. The lowest BCUT2D eigenvalue weighted by Gasteiger charge is -2.09. The third-order valence-electron chi connectivity index (χ3n) is 3.75. The molecule has 1 aromatic carbocycles. The summed E-state index contributed by atoms with van der Waals surface area (Å²) in [4.78, 5) is 23.6. The summed E-state index contributed by atoms with van der Waals surface area (Å²) in [6.45, 7) is 6.89. The van der Waals surface area contributed by atoms with Crippen molar-refractivity contribution in [3.63, 3.8) is 0 Å². The number of benzene rings is 1. The molecule has 0 bridgehead atoms. The molecule has 0 radical (unpaired) electrons. The number of anilines is 1. The van der Waals surface area contributed by atoms with E-state index in [2.05, 4.69) is 34.7 Å². The quantitative estimate of drug-likeness (QED) is 0.472. The highest BCUT2D eigenvalue weighted by Crippen LogP contribution is 2.27. The van der Waals surface area contributed by atoms with Crippen molar-refractivity contribution in [3.05, 3.63) is 40.2 Å². The molecular weight excluding hydrogens is 382 g/mol. The molecular formula is C18H21N5O4S. The van der Waals surface area contributed by atoms with Gasteiger partial charge in [0.05, 0.1) is 6.61 Å². The molecule has 3 aromatic rings. The molecule has 0 aliphatic rings. The van der Waals surface area contributed by atoms with Crippen molar-refractivity contribution in [2.45, 2.75) is 38.2 Å². The number of nitrogens with one attached hydrogen (secondary N) is 1. The summed E-state index contributed by atoms with van der Waals surface area (Å²) in [5.41, 5.74) is 1.22. The first kappa shape index (κ1) is 19.9. The lowest BCUT2D eigenvalue weighted by Crippen LogP contribution is -2.13. The first-order valence-corrected chi connectivity index (χ1v) is 9.84. The van der Waals surface area contributed by atoms with Crippen molar-refractivity contribution in [1.29, 1.82) is 0 Å². The van der Waals surface area contributed by atoms with E-state index in [9.17, 15) is 9.59 Å². The second kappa shape index (κ2) is 8.87. The molecule has 28 heavy (non-hydrogen) atoms. The number of hydrogen-bond donors (Lipinski definition) is 1. The van der Waals surface area contributed by atoms with Crippen LogP contribution in [0.1, 0.15) is 26.3 Å². The van der Waals surface area contributed by atoms with Crippen molar-refractivity contribution < 1.29 is 13.9 Å². The van der Waals surface area contributed by atoms with Crippen LogP contribution >= 0.6 is 11.8 Å². The van der Waals surface area contributed by atoms with Gasteiger partial charge in [0.15, 0.2) is 0 Å². The van der Waals surface area contributed by atoms with Gasteiger partial charge in [-0.1, -0.05) is 25.6 Å². The molecule has 9 nitrogen and oxygen atoms in total. The van der Waals surface area contributed by atoms with E-state index >= 15 is 0 Å². The van der Waals surface area contributed by atoms with Crippen molar-refractivity contribution in [2.75, 3.05) is 11.9 Å². The molecule has 0 spiro atoms.